The summed E-state index contributed by atoms with van der Waals surface area (Å²) in [4.78, 5) is 16.0. The number of aliphatic hydroxyl groups excluding tert-OH is 3. The molecule has 14 heteroatoms. The number of nitrogens with one attached hydrogen (secondary N) is 1. The molecule has 3 aliphatic rings. The fourth-order valence-corrected chi connectivity index (χ4v) is 8.43. The van der Waals surface area contributed by atoms with Crippen LogP contribution in [0.25, 0.3) is 0 Å². The van der Waals surface area contributed by atoms with Crippen LogP contribution in [-0.2, 0) is 33.2 Å². The molecule has 14 nitrogen and oxygen atoms in total. The van der Waals surface area contributed by atoms with Gasteiger partial charge in [0.15, 0.2) is 12.6 Å². The van der Waals surface area contributed by atoms with Crippen molar-refractivity contribution in [3.63, 3.8) is 0 Å². The maximum absolute atomic E-state index is 14.1. The van der Waals surface area contributed by atoms with Gasteiger partial charge in [0.05, 0.1) is 47.6 Å². The summed E-state index contributed by atoms with van der Waals surface area (Å²) in [6.45, 7) is 16.8. The zero-order valence-electron chi connectivity index (χ0n) is 33.0. The van der Waals surface area contributed by atoms with Crippen molar-refractivity contribution in [2.75, 3.05) is 21.2 Å². The maximum Gasteiger partial charge on any atom is 0.311 e. The van der Waals surface area contributed by atoms with Crippen LogP contribution in [0.15, 0.2) is 0 Å². The summed E-state index contributed by atoms with van der Waals surface area (Å²) in [5.41, 5.74) is -4.58. The molecule has 0 aromatic carbocycles. The van der Waals surface area contributed by atoms with E-state index in [0.717, 1.165) is 0 Å². The summed E-state index contributed by atoms with van der Waals surface area (Å²) in [5, 5.41) is 66.9. The molecule has 0 aromatic heterocycles. The monoisotopic (exact) mass is 732 g/mol. The van der Waals surface area contributed by atoms with Crippen molar-refractivity contribution in [2.24, 2.45) is 23.7 Å². The summed E-state index contributed by atoms with van der Waals surface area (Å²) < 4.78 is 37.2. The van der Waals surface area contributed by atoms with Crippen molar-refractivity contribution in [3.8, 4) is 0 Å². The Morgan fingerprint density at radius 2 is 1.53 bits per heavy atom. The number of nitrogens with zero attached hydrogens (tertiary/aromatic N) is 1. The molecular weight excluding hydrogens is 664 g/mol. The normalized spacial score (nSPS) is 49.7. The summed E-state index contributed by atoms with van der Waals surface area (Å²) in [5.74, 6) is -4.02. The van der Waals surface area contributed by atoms with Crippen molar-refractivity contribution >= 4 is 11.7 Å². The third-order valence-corrected chi connectivity index (χ3v) is 11.9. The van der Waals surface area contributed by atoms with Crippen LogP contribution in [0.3, 0.4) is 0 Å². The lowest BCUT2D eigenvalue weighted by Gasteiger charge is -2.49. The molecular formula is C37H68N2O12. The molecule has 3 fully saturated rings. The van der Waals surface area contributed by atoms with Gasteiger partial charge in [0.2, 0.25) is 0 Å². The van der Waals surface area contributed by atoms with Crippen LogP contribution >= 0.6 is 0 Å². The molecule has 0 bridgehead atoms. The van der Waals surface area contributed by atoms with E-state index in [9.17, 15) is 30.3 Å². The Labute approximate surface area is 304 Å². The minimum absolute atomic E-state index is 0.0107. The molecule has 11 unspecified atom stereocenters. The summed E-state index contributed by atoms with van der Waals surface area (Å²) >= 11 is 0. The summed E-state index contributed by atoms with van der Waals surface area (Å²) in [7, 11) is 5.21. The Hall–Kier alpha value is -1.30. The minimum Gasteiger partial charge on any atom is -0.459 e. The third kappa shape index (κ3) is 9.51. The van der Waals surface area contributed by atoms with Crippen LogP contribution in [0.1, 0.15) is 94.9 Å². The molecule has 3 heterocycles. The van der Waals surface area contributed by atoms with Gasteiger partial charge in [-0.25, -0.2) is 0 Å². The van der Waals surface area contributed by atoms with E-state index in [-0.39, 0.29) is 37.1 Å². The highest BCUT2D eigenvalue weighted by molar-refractivity contribution is 5.86. The number of esters is 1. The highest BCUT2D eigenvalue weighted by atomic mass is 16.7. The van der Waals surface area contributed by atoms with Crippen LogP contribution in [-0.4, -0.2) is 148 Å². The second kappa shape index (κ2) is 17.0. The van der Waals surface area contributed by atoms with Crippen molar-refractivity contribution < 1.29 is 58.7 Å². The Morgan fingerprint density at radius 1 is 0.922 bits per heavy atom. The first-order valence-electron chi connectivity index (χ1n) is 18.5. The highest BCUT2D eigenvalue weighted by Gasteiger charge is 2.53. The number of ether oxygens (including phenoxy) is 6. The van der Waals surface area contributed by atoms with Crippen molar-refractivity contribution in [1.82, 2.24) is 4.90 Å². The van der Waals surface area contributed by atoms with Gasteiger partial charge in [0, 0.05) is 37.1 Å². The standard InChI is InChI=1S/C37H68N2O12/c1-14-25-37(10,45)30(41)20(4)27(38)18(2)16-35(8,44)32(51-34-28(40)24(39(11)12)15-19(3)47-34)21(5)29(22(6)33(43)49-25)50-26-17-36(9,46-13)31(42)23(7)48-26/h18-26,28-32,34,38,40-42,44-45H,14-17H2,1-13H3/t18-,19?,20?,21?,22+,23?,24?,25?,26?,28?,29+,30+,31?,32-,34?,35-,36?,37-/m0/s1. The highest BCUT2D eigenvalue weighted by Crippen LogP contribution is 2.40. The van der Waals surface area contributed by atoms with Crippen LogP contribution in [0.2, 0.25) is 0 Å². The van der Waals surface area contributed by atoms with E-state index < -0.39 is 102 Å². The van der Waals surface area contributed by atoms with Gasteiger partial charge in [0.25, 0.3) is 0 Å². The lowest BCUT2D eigenvalue weighted by atomic mass is 9.73. The number of rotatable bonds is 7. The molecule has 0 radical (unpaired) electrons. The average molecular weight is 733 g/mol. The quantitative estimate of drug-likeness (QED) is 0.209. The first-order valence-corrected chi connectivity index (χ1v) is 18.5. The number of carbonyl (C=O) groups excluding carboxylic acids is 1. The number of carbonyl (C=O) groups is 1. The summed E-state index contributed by atoms with van der Waals surface area (Å²) in [6, 6.07) is -0.304. The zero-order valence-corrected chi connectivity index (χ0v) is 33.0. The lowest BCUT2D eigenvalue weighted by Crippen LogP contribution is -2.61. The first-order chi connectivity index (χ1) is 23.4. The van der Waals surface area contributed by atoms with Crippen molar-refractivity contribution in [1.29, 1.82) is 5.41 Å². The Balaban J connectivity index is 2.18. The van der Waals surface area contributed by atoms with Crippen LogP contribution in [0.4, 0.5) is 0 Å². The van der Waals surface area contributed by atoms with Gasteiger partial charge in [0.1, 0.15) is 23.9 Å². The predicted molar refractivity (Wildman–Crippen MR) is 189 cm³/mol. The third-order valence-electron chi connectivity index (χ3n) is 11.9. The van der Waals surface area contributed by atoms with Gasteiger partial charge in [-0.2, -0.15) is 0 Å². The zero-order chi connectivity index (χ0) is 39.0. The molecule has 0 aliphatic carbocycles. The molecule has 3 rings (SSSR count). The van der Waals surface area contributed by atoms with Gasteiger partial charge < -0.3 is 64.3 Å². The fourth-order valence-electron chi connectivity index (χ4n) is 8.43. The van der Waals surface area contributed by atoms with E-state index in [2.05, 4.69) is 0 Å². The fraction of sp³-hybridized carbons (Fsp3) is 0.946. The van der Waals surface area contributed by atoms with E-state index in [1.54, 1.807) is 55.4 Å². The van der Waals surface area contributed by atoms with Crippen LogP contribution < -0.4 is 0 Å². The minimum atomic E-state index is -1.91. The van der Waals surface area contributed by atoms with E-state index in [1.807, 2.05) is 25.9 Å². The van der Waals surface area contributed by atoms with E-state index >= 15 is 0 Å². The Bertz CT molecular complexity index is 1170. The van der Waals surface area contributed by atoms with E-state index in [1.165, 1.54) is 14.0 Å². The molecule has 0 spiro atoms. The maximum atomic E-state index is 14.1. The molecule has 51 heavy (non-hydrogen) atoms. The predicted octanol–water partition coefficient (Wildman–Crippen LogP) is 2.24. The SMILES string of the molecule is CCC1OC(=O)[C@H](C)[C@H](OC2CC(C)(OC)C(O)C(C)O2)C(C)[C@H](OC2OC(C)CC(N(C)C)C2O)[C@@](C)(O)C[C@H](C)C(=N)C(C)[C@@H](O)[C@@]1(C)O. The molecule has 3 aliphatic heterocycles. The Kier molecular flexibility index (Phi) is 14.7. The number of hydrogen-bond acceptors (Lipinski definition) is 14. The lowest BCUT2D eigenvalue weighted by molar-refractivity contribution is -0.317. The molecule has 0 amide bonds. The van der Waals surface area contributed by atoms with Gasteiger partial charge >= 0.3 is 5.97 Å². The van der Waals surface area contributed by atoms with E-state index in [0.29, 0.717) is 6.42 Å². The van der Waals surface area contributed by atoms with Gasteiger partial charge in [-0.1, -0.05) is 27.7 Å². The largest absolute Gasteiger partial charge is 0.459 e. The number of hydrogen-bond donors (Lipinski definition) is 6. The van der Waals surface area contributed by atoms with Gasteiger partial charge in [-0.3, -0.25) is 4.79 Å². The number of cyclic esters (lactones) is 1. The molecule has 0 saturated carbocycles. The van der Waals surface area contributed by atoms with Crippen molar-refractivity contribution in [2.45, 2.75) is 179 Å². The van der Waals surface area contributed by atoms with Crippen LogP contribution in [0.5, 0.6) is 0 Å². The summed E-state index contributed by atoms with van der Waals surface area (Å²) in [6.07, 6.45) is -9.12. The topological polar surface area (TPSA) is 201 Å². The van der Waals surface area contributed by atoms with Crippen LogP contribution in [0, 0.1) is 29.1 Å². The first kappa shape index (κ1) is 44.1. The molecule has 298 valence electrons. The average Bonchev–Trinajstić information content (AvgIpc) is 3.05. The second-order valence-electron chi connectivity index (χ2n) is 16.5. The van der Waals surface area contributed by atoms with E-state index in [4.69, 9.17) is 33.8 Å². The number of aliphatic hydroxyl groups is 5. The second-order valence-corrected chi connectivity index (χ2v) is 16.5. The molecule has 6 N–H and O–H groups in total. The van der Waals surface area contributed by atoms with Gasteiger partial charge in [-0.15, -0.1) is 0 Å². The number of likely N-dealkylation sites (N-methyl/N-ethyl adjacent to an activating group) is 1. The van der Waals surface area contributed by atoms with Crippen molar-refractivity contribution in [3.05, 3.63) is 0 Å². The smallest absolute Gasteiger partial charge is 0.311 e. The molecule has 0 aromatic rings. The molecule has 18 atom stereocenters. The Morgan fingerprint density at radius 3 is 2.08 bits per heavy atom. The van der Waals surface area contributed by atoms with Gasteiger partial charge in [-0.05, 0) is 80.8 Å². The molecule has 3 saturated heterocycles. The number of methoxy groups -OCH3 is 1.